The van der Waals surface area contributed by atoms with Gasteiger partial charge in [-0.05, 0) is 46.0 Å². The normalized spacial score (nSPS) is 11.8. The number of halogens is 1. The first-order valence-electron chi connectivity index (χ1n) is 8.73. The van der Waals surface area contributed by atoms with Crippen LogP contribution < -0.4 is 9.47 Å². The first-order valence-corrected chi connectivity index (χ1v) is 8.73. The predicted molar refractivity (Wildman–Crippen MR) is 105 cm³/mol. The number of carbonyl (C=O) groups is 1. The van der Waals surface area contributed by atoms with Crippen molar-refractivity contribution in [1.29, 1.82) is 0 Å². The molecule has 1 unspecified atom stereocenters. The van der Waals surface area contributed by atoms with Crippen LogP contribution in [0.5, 0.6) is 11.5 Å². The molecular weight excluding hydrogens is 340 g/mol. The Hall–Kier alpha value is -1.46. The van der Waals surface area contributed by atoms with Crippen LogP contribution in [0.15, 0.2) is 24.3 Å². The highest BCUT2D eigenvalue weighted by molar-refractivity contribution is 5.85. The van der Waals surface area contributed by atoms with E-state index in [1.54, 1.807) is 7.11 Å². The molecule has 1 atom stereocenters. The maximum absolute atomic E-state index is 12.7. The summed E-state index contributed by atoms with van der Waals surface area (Å²) >= 11 is 0. The molecule has 1 aromatic rings. The Morgan fingerprint density at radius 2 is 1.64 bits per heavy atom. The molecule has 144 valence electrons. The summed E-state index contributed by atoms with van der Waals surface area (Å²) in [5.74, 6) is 1.55. The lowest BCUT2D eigenvalue weighted by atomic mass is 10.2. The summed E-state index contributed by atoms with van der Waals surface area (Å²) in [5, 5.41) is 0. The molecule has 1 amide bonds. The molecule has 25 heavy (non-hydrogen) atoms. The molecule has 1 rings (SSSR count). The first-order chi connectivity index (χ1) is 11.4. The van der Waals surface area contributed by atoms with Crippen LogP contribution in [0.2, 0.25) is 0 Å². The zero-order valence-electron chi connectivity index (χ0n) is 16.3. The van der Waals surface area contributed by atoms with Crippen LogP contribution in [0.25, 0.3) is 0 Å². The van der Waals surface area contributed by atoms with Gasteiger partial charge in [0.05, 0.1) is 19.7 Å². The summed E-state index contributed by atoms with van der Waals surface area (Å²) in [7, 11) is 1.62. The summed E-state index contributed by atoms with van der Waals surface area (Å²) in [6, 6.07) is 7.67. The van der Waals surface area contributed by atoms with Gasteiger partial charge in [0.1, 0.15) is 6.61 Å². The van der Waals surface area contributed by atoms with E-state index >= 15 is 0 Å². The van der Waals surface area contributed by atoms with Gasteiger partial charge in [-0.25, -0.2) is 0 Å². The molecule has 0 heterocycles. The highest BCUT2D eigenvalue weighted by Crippen LogP contribution is 2.26. The highest BCUT2D eigenvalue weighted by Gasteiger charge is 2.24. The SMILES string of the molecule is CCN(CC)CC(=O)N(C(C)C)C(C)COc1ccccc1OC.Cl. The van der Waals surface area contributed by atoms with E-state index in [-0.39, 0.29) is 30.4 Å². The quantitative estimate of drug-likeness (QED) is 0.630. The van der Waals surface area contributed by atoms with Crippen LogP contribution in [0, 0.1) is 0 Å². The Labute approximate surface area is 158 Å². The van der Waals surface area contributed by atoms with Crippen LogP contribution in [-0.4, -0.2) is 61.1 Å². The molecule has 0 N–H and O–H groups in total. The average Bonchev–Trinajstić information content (AvgIpc) is 2.57. The number of hydrogen-bond acceptors (Lipinski definition) is 4. The van der Waals surface area contributed by atoms with E-state index in [0.717, 1.165) is 13.1 Å². The summed E-state index contributed by atoms with van der Waals surface area (Å²) < 4.78 is 11.2. The molecule has 5 nitrogen and oxygen atoms in total. The number of ether oxygens (including phenoxy) is 2. The number of nitrogens with zero attached hydrogens (tertiary/aromatic N) is 2. The number of para-hydroxylation sites is 2. The number of hydrogen-bond donors (Lipinski definition) is 0. The van der Waals surface area contributed by atoms with Gasteiger partial charge in [0.25, 0.3) is 0 Å². The Morgan fingerprint density at radius 3 is 2.12 bits per heavy atom. The molecule has 0 aromatic heterocycles. The van der Waals surface area contributed by atoms with Gasteiger partial charge in [0.15, 0.2) is 11.5 Å². The predicted octanol–water partition coefficient (Wildman–Crippen LogP) is 3.46. The molecular formula is C19H33ClN2O3. The molecule has 1 aromatic carbocycles. The third kappa shape index (κ3) is 7.12. The zero-order chi connectivity index (χ0) is 18.1. The smallest absolute Gasteiger partial charge is 0.237 e. The third-order valence-corrected chi connectivity index (χ3v) is 4.12. The summed E-state index contributed by atoms with van der Waals surface area (Å²) in [6.45, 7) is 12.9. The van der Waals surface area contributed by atoms with Crippen LogP contribution in [0.1, 0.15) is 34.6 Å². The Bertz CT molecular complexity index is 507. The van der Waals surface area contributed by atoms with Gasteiger partial charge >= 0.3 is 0 Å². The van der Waals surface area contributed by atoms with Crippen molar-refractivity contribution < 1.29 is 14.3 Å². The summed E-state index contributed by atoms with van der Waals surface area (Å²) in [6.07, 6.45) is 0. The minimum atomic E-state index is -0.0158. The number of likely N-dealkylation sites (N-methyl/N-ethyl adjacent to an activating group) is 1. The Morgan fingerprint density at radius 1 is 1.08 bits per heavy atom. The van der Waals surface area contributed by atoms with Gasteiger partial charge in [-0.2, -0.15) is 0 Å². The second-order valence-electron chi connectivity index (χ2n) is 6.17. The molecule has 0 saturated heterocycles. The molecule has 6 heteroatoms. The first kappa shape index (κ1) is 23.5. The van der Waals surface area contributed by atoms with Crippen molar-refractivity contribution >= 4 is 18.3 Å². The van der Waals surface area contributed by atoms with Gasteiger partial charge in [-0.1, -0.05) is 26.0 Å². The van der Waals surface area contributed by atoms with Crippen molar-refractivity contribution in [2.45, 2.75) is 46.7 Å². The molecule has 0 saturated carbocycles. The van der Waals surface area contributed by atoms with Gasteiger partial charge in [0.2, 0.25) is 5.91 Å². The Balaban J connectivity index is 0.00000576. The molecule has 0 bridgehead atoms. The largest absolute Gasteiger partial charge is 0.493 e. The third-order valence-electron chi connectivity index (χ3n) is 4.12. The van der Waals surface area contributed by atoms with Gasteiger partial charge in [-0.3, -0.25) is 9.69 Å². The fraction of sp³-hybridized carbons (Fsp3) is 0.632. The van der Waals surface area contributed by atoms with Crippen molar-refractivity contribution in [2.75, 3.05) is 33.4 Å². The number of amides is 1. The summed E-state index contributed by atoms with van der Waals surface area (Å²) in [4.78, 5) is 16.7. The van der Waals surface area contributed by atoms with Crippen LogP contribution in [-0.2, 0) is 4.79 Å². The topological polar surface area (TPSA) is 42.0 Å². The van der Waals surface area contributed by atoms with E-state index in [4.69, 9.17) is 9.47 Å². The Kier molecular flexibility index (Phi) is 11.3. The lowest BCUT2D eigenvalue weighted by Crippen LogP contribution is -2.50. The van der Waals surface area contributed by atoms with Gasteiger partial charge < -0.3 is 14.4 Å². The van der Waals surface area contributed by atoms with Crippen molar-refractivity contribution in [3.8, 4) is 11.5 Å². The number of benzene rings is 1. The standard InChI is InChI=1S/C19H32N2O3.ClH/c1-7-20(8-2)13-19(22)21(15(3)4)16(5)14-24-18-12-10-9-11-17(18)23-6;/h9-12,15-16H,7-8,13-14H2,1-6H3;1H. The van der Waals surface area contributed by atoms with E-state index in [0.29, 0.717) is 24.7 Å². The van der Waals surface area contributed by atoms with E-state index in [1.807, 2.05) is 49.9 Å². The second kappa shape index (κ2) is 12.0. The summed E-state index contributed by atoms with van der Waals surface area (Å²) in [5.41, 5.74) is 0. The van der Waals surface area contributed by atoms with Crippen LogP contribution >= 0.6 is 12.4 Å². The lowest BCUT2D eigenvalue weighted by molar-refractivity contribution is -0.137. The number of carbonyl (C=O) groups excluding carboxylic acids is 1. The second-order valence-corrected chi connectivity index (χ2v) is 6.17. The molecule has 0 radical (unpaired) electrons. The van der Waals surface area contributed by atoms with Gasteiger partial charge in [0, 0.05) is 6.04 Å². The van der Waals surface area contributed by atoms with E-state index in [2.05, 4.69) is 18.7 Å². The molecule has 0 fully saturated rings. The average molecular weight is 373 g/mol. The highest BCUT2D eigenvalue weighted by atomic mass is 35.5. The van der Waals surface area contributed by atoms with E-state index < -0.39 is 0 Å². The van der Waals surface area contributed by atoms with Crippen LogP contribution in [0.3, 0.4) is 0 Å². The van der Waals surface area contributed by atoms with E-state index in [9.17, 15) is 4.79 Å². The monoisotopic (exact) mass is 372 g/mol. The minimum absolute atomic E-state index is 0. The fourth-order valence-electron chi connectivity index (χ4n) is 2.79. The number of methoxy groups -OCH3 is 1. The molecule has 0 aliphatic rings. The van der Waals surface area contributed by atoms with Crippen molar-refractivity contribution in [3.05, 3.63) is 24.3 Å². The van der Waals surface area contributed by atoms with Crippen molar-refractivity contribution in [1.82, 2.24) is 9.80 Å². The van der Waals surface area contributed by atoms with Crippen molar-refractivity contribution in [2.24, 2.45) is 0 Å². The number of rotatable bonds is 10. The van der Waals surface area contributed by atoms with Gasteiger partial charge in [-0.15, -0.1) is 12.4 Å². The zero-order valence-corrected chi connectivity index (χ0v) is 17.1. The van der Waals surface area contributed by atoms with E-state index in [1.165, 1.54) is 0 Å². The minimum Gasteiger partial charge on any atom is -0.493 e. The fourth-order valence-corrected chi connectivity index (χ4v) is 2.79. The molecule has 0 spiro atoms. The maximum atomic E-state index is 12.7. The molecule has 0 aliphatic carbocycles. The lowest BCUT2D eigenvalue weighted by Gasteiger charge is -2.34. The van der Waals surface area contributed by atoms with Crippen LogP contribution in [0.4, 0.5) is 0 Å². The molecule has 0 aliphatic heterocycles. The maximum Gasteiger partial charge on any atom is 0.237 e. The van der Waals surface area contributed by atoms with Crippen molar-refractivity contribution in [3.63, 3.8) is 0 Å².